The number of hydrogen-bond acceptors (Lipinski definition) is 10. The zero-order chi connectivity index (χ0) is 42.1. The number of carbonyl (C=O) groups is 5. The molecule has 5 rings (SSSR count). The second-order valence-electron chi connectivity index (χ2n) is 16.1. The van der Waals surface area contributed by atoms with Crippen molar-refractivity contribution in [3.8, 4) is 22.6 Å². The van der Waals surface area contributed by atoms with Gasteiger partial charge in [0.2, 0.25) is 17.7 Å². The number of carbonyl (C=O) groups excluding carboxylic acids is 5. The number of nitrogens with one attached hydrogen (secondary N) is 3. The summed E-state index contributed by atoms with van der Waals surface area (Å²) in [5, 5.41) is 8.47. The Morgan fingerprint density at radius 3 is 2.17 bits per heavy atom. The SMILES string of the molecule is CC(=O)[C@@H]1Cc2ccc(OCCN)c(c2)-c2cc(ccc2OCCN)[C@H](N(C)C(=O)[C@H](CCN)NC(=O)C2=C(C)CC(C)(C3CCCC3)C=C2)C(=O)N[C@@H](C)C(=O)N1. The zero-order valence-electron chi connectivity index (χ0n) is 34.5. The summed E-state index contributed by atoms with van der Waals surface area (Å²) in [6, 6.07) is 6.19. The number of Topliss-reactive ketones (excluding diaryl/α,β-unsaturated/α-hetero) is 1. The standard InChI is InChI=1S/C44H61N7O7/c1-26-25-44(4,31-8-6-7-9-31)16-14-32(26)41(54)49-35(15-17-45)43(56)51(5)39-30-11-13-38(58-21-19-47)34(24-30)33-22-29(10-12-37(33)57-20-18-46)23-36(28(3)52)50-40(53)27(2)48-42(39)55/h10-14,16,22,24,27,31,35-36,39H,6-9,15,17-21,23,25,45-47H2,1-5H3,(H,48,55)(H,49,54)(H,50,53)/t27-,35-,36-,39-,44?/m0/s1. The molecule has 1 saturated carbocycles. The Bertz CT molecular complexity index is 1920. The molecule has 0 saturated heterocycles. The van der Waals surface area contributed by atoms with Crippen LogP contribution < -0.4 is 42.6 Å². The molecule has 2 aromatic carbocycles. The minimum atomic E-state index is -1.30. The fourth-order valence-electron chi connectivity index (χ4n) is 8.48. The highest BCUT2D eigenvalue weighted by Gasteiger charge is 2.39. The average Bonchev–Trinajstić information content (AvgIpc) is 3.75. The first-order chi connectivity index (χ1) is 27.7. The molecule has 14 nitrogen and oxygen atoms in total. The minimum absolute atomic E-state index is 0.0281. The molecule has 3 aliphatic rings. The maximum absolute atomic E-state index is 14.6. The van der Waals surface area contributed by atoms with E-state index in [0.717, 1.165) is 17.6 Å². The summed E-state index contributed by atoms with van der Waals surface area (Å²) in [5.74, 6) is -0.985. The van der Waals surface area contributed by atoms with Gasteiger partial charge >= 0.3 is 0 Å². The Kier molecular flexibility index (Phi) is 14.9. The monoisotopic (exact) mass is 799 g/mol. The van der Waals surface area contributed by atoms with Gasteiger partial charge in [0.15, 0.2) is 5.78 Å². The van der Waals surface area contributed by atoms with Crippen molar-refractivity contribution in [2.45, 2.75) is 96.8 Å². The predicted octanol–water partition coefficient (Wildman–Crippen LogP) is 2.97. The van der Waals surface area contributed by atoms with E-state index >= 15 is 0 Å². The first kappa shape index (κ1) is 44.1. The second kappa shape index (κ2) is 19.6. The number of nitrogens with two attached hydrogens (primary N) is 3. The number of hydrogen-bond donors (Lipinski definition) is 6. The first-order valence-electron chi connectivity index (χ1n) is 20.4. The molecule has 58 heavy (non-hydrogen) atoms. The van der Waals surface area contributed by atoms with Crippen LogP contribution >= 0.6 is 0 Å². The molecular formula is C44H61N7O7. The van der Waals surface area contributed by atoms with E-state index in [-0.39, 0.29) is 56.9 Å². The molecule has 4 amide bonds. The van der Waals surface area contributed by atoms with E-state index in [4.69, 9.17) is 26.7 Å². The number of ether oxygens (including phenoxy) is 2. The molecular weight excluding hydrogens is 739 g/mol. The Balaban J connectivity index is 1.56. The Morgan fingerprint density at radius 1 is 0.931 bits per heavy atom. The summed E-state index contributed by atoms with van der Waals surface area (Å²) in [7, 11) is 1.48. The lowest BCUT2D eigenvalue weighted by Gasteiger charge is -2.36. The maximum Gasteiger partial charge on any atom is 0.251 e. The maximum atomic E-state index is 14.6. The van der Waals surface area contributed by atoms with Crippen LogP contribution in [-0.4, -0.2) is 92.3 Å². The Morgan fingerprint density at radius 2 is 1.57 bits per heavy atom. The van der Waals surface area contributed by atoms with Crippen molar-refractivity contribution in [1.82, 2.24) is 20.9 Å². The van der Waals surface area contributed by atoms with Gasteiger partial charge in [0.1, 0.15) is 42.8 Å². The highest BCUT2D eigenvalue weighted by molar-refractivity contribution is 6.01. The molecule has 0 radical (unpaired) electrons. The molecule has 4 bridgehead atoms. The molecule has 9 N–H and O–H groups in total. The van der Waals surface area contributed by atoms with E-state index in [1.165, 1.54) is 51.5 Å². The normalized spacial score (nSPS) is 23.0. The molecule has 0 aromatic heterocycles. The number of amides is 4. The number of likely N-dealkylation sites (N-methyl/N-ethyl adjacent to an activating group) is 1. The summed E-state index contributed by atoms with van der Waals surface area (Å²) in [6.45, 7) is 8.08. The van der Waals surface area contributed by atoms with Crippen LogP contribution in [0.25, 0.3) is 11.1 Å². The lowest BCUT2D eigenvalue weighted by Crippen LogP contribution is -2.55. The van der Waals surface area contributed by atoms with E-state index in [2.05, 4.69) is 29.0 Å². The van der Waals surface area contributed by atoms with Crippen molar-refractivity contribution in [1.29, 1.82) is 0 Å². The van der Waals surface area contributed by atoms with Gasteiger partial charge in [0.05, 0.1) is 6.04 Å². The van der Waals surface area contributed by atoms with Crippen LogP contribution in [0.15, 0.2) is 59.7 Å². The second-order valence-corrected chi connectivity index (χ2v) is 16.1. The van der Waals surface area contributed by atoms with Crippen molar-refractivity contribution in [2.24, 2.45) is 28.5 Å². The fourth-order valence-corrected chi connectivity index (χ4v) is 8.48. The summed E-state index contributed by atoms with van der Waals surface area (Å²) in [6.07, 6.45) is 9.84. The molecule has 5 atom stereocenters. The zero-order valence-corrected chi connectivity index (χ0v) is 34.5. The quantitative estimate of drug-likeness (QED) is 0.164. The first-order valence-corrected chi connectivity index (χ1v) is 20.4. The van der Waals surface area contributed by atoms with E-state index in [0.29, 0.717) is 39.7 Å². The van der Waals surface area contributed by atoms with Crippen LogP contribution in [0.1, 0.15) is 83.4 Å². The number of rotatable bonds is 14. The summed E-state index contributed by atoms with van der Waals surface area (Å²) in [4.78, 5) is 70.5. The van der Waals surface area contributed by atoms with E-state index in [1.54, 1.807) is 24.3 Å². The summed E-state index contributed by atoms with van der Waals surface area (Å²) < 4.78 is 12.2. The number of fused-ring (bicyclic) bond motifs is 5. The average molecular weight is 800 g/mol. The number of allylic oxidation sites excluding steroid dienone is 2. The molecule has 2 aromatic rings. The van der Waals surface area contributed by atoms with Crippen LogP contribution in [0, 0.1) is 11.3 Å². The van der Waals surface area contributed by atoms with Gasteiger partial charge in [-0.2, -0.15) is 0 Å². The van der Waals surface area contributed by atoms with Crippen LogP contribution in [0.3, 0.4) is 0 Å². The van der Waals surface area contributed by atoms with E-state index < -0.39 is 47.8 Å². The van der Waals surface area contributed by atoms with Crippen molar-refractivity contribution < 1.29 is 33.4 Å². The summed E-state index contributed by atoms with van der Waals surface area (Å²) in [5.41, 5.74) is 21.3. The number of ketones is 1. The van der Waals surface area contributed by atoms with Crippen molar-refractivity contribution in [2.75, 3.05) is 39.9 Å². The molecule has 314 valence electrons. The number of nitrogens with zero attached hydrogens (tertiary/aromatic N) is 1. The molecule has 1 unspecified atom stereocenters. The summed E-state index contributed by atoms with van der Waals surface area (Å²) >= 11 is 0. The molecule has 0 spiro atoms. The van der Waals surface area contributed by atoms with Gasteiger partial charge in [-0.05, 0) is 106 Å². The third-order valence-electron chi connectivity index (χ3n) is 11.7. The van der Waals surface area contributed by atoms with Gasteiger partial charge < -0.3 is 47.5 Å². The van der Waals surface area contributed by atoms with Gasteiger partial charge in [-0.3, -0.25) is 24.0 Å². The van der Waals surface area contributed by atoms with Crippen LogP contribution in [0.5, 0.6) is 11.5 Å². The van der Waals surface area contributed by atoms with Gasteiger partial charge in [0.25, 0.3) is 5.91 Å². The van der Waals surface area contributed by atoms with Gasteiger partial charge in [-0.25, -0.2) is 0 Å². The predicted molar refractivity (Wildman–Crippen MR) is 223 cm³/mol. The smallest absolute Gasteiger partial charge is 0.251 e. The van der Waals surface area contributed by atoms with E-state index in [9.17, 15) is 24.0 Å². The van der Waals surface area contributed by atoms with Gasteiger partial charge in [-0.1, -0.05) is 49.6 Å². The fraction of sp³-hybridized carbons (Fsp3) is 0.523. The van der Waals surface area contributed by atoms with Crippen LogP contribution in [0.4, 0.5) is 0 Å². The van der Waals surface area contributed by atoms with Gasteiger partial charge in [-0.15, -0.1) is 0 Å². The highest BCUT2D eigenvalue weighted by atomic mass is 16.5. The Labute approximate surface area is 341 Å². The largest absolute Gasteiger partial charge is 0.492 e. The van der Waals surface area contributed by atoms with Gasteiger partial charge in [0, 0.05) is 36.8 Å². The van der Waals surface area contributed by atoms with Crippen molar-refractivity contribution in [3.63, 3.8) is 0 Å². The number of benzene rings is 2. The molecule has 14 heteroatoms. The highest BCUT2D eigenvalue weighted by Crippen LogP contribution is 2.47. The van der Waals surface area contributed by atoms with Crippen LogP contribution in [-0.2, 0) is 30.4 Å². The lowest BCUT2D eigenvalue weighted by atomic mass is 9.69. The minimum Gasteiger partial charge on any atom is -0.492 e. The van der Waals surface area contributed by atoms with Crippen LogP contribution in [0.2, 0.25) is 0 Å². The molecule has 1 fully saturated rings. The Hall–Kier alpha value is -5.05. The van der Waals surface area contributed by atoms with E-state index in [1.807, 2.05) is 25.1 Å². The third kappa shape index (κ3) is 10.1. The molecule has 1 aliphatic heterocycles. The molecule has 1 heterocycles. The third-order valence-corrected chi connectivity index (χ3v) is 11.7. The topological polar surface area (TPSA) is 221 Å². The lowest BCUT2D eigenvalue weighted by molar-refractivity contribution is -0.142. The molecule has 2 aliphatic carbocycles. The van der Waals surface area contributed by atoms with Crippen molar-refractivity contribution in [3.05, 3.63) is 70.8 Å². The van der Waals surface area contributed by atoms with Crippen molar-refractivity contribution >= 4 is 29.4 Å².